The fourth-order valence-electron chi connectivity index (χ4n) is 1.30. The molecule has 88 valence electrons. The number of ketones is 1. The molecule has 16 heavy (non-hydrogen) atoms. The predicted octanol–water partition coefficient (Wildman–Crippen LogP) is 1.76. The Morgan fingerprint density at radius 1 is 1.50 bits per heavy atom. The molecule has 0 N–H and O–H groups in total. The molecule has 0 aromatic carbocycles. The van der Waals surface area contributed by atoms with E-state index in [1.165, 1.54) is 6.92 Å². The van der Waals surface area contributed by atoms with E-state index < -0.39 is 0 Å². The van der Waals surface area contributed by atoms with Crippen molar-refractivity contribution in [1.29, 1.82) is 0 Å². The zero-order valence-electron chi connectivity index (χ0n) is 10.1. The van der Waals surface area contributed by atoms with Crippen LogP contribution in [0.2, 0.25) is 0 Å². The molecule has 0 aliphatic carbocycles. The zero-order valence-corrected chi connectivity index (χ0v) is 10.1. The minimum Gasteiger partial charge on any atom is -0.380 e. The summed E-state index contributed by atoms with van der Waals surface area (Å²) in [5.41, 5.74) is 1.49. The molecule has 0 spiro atoms. The van der Waals surface area contributed by atoms with Crippen molar-refractivity contribution in [3.63, 3.8) is 0 Å². The molecule has 0 radical (unpaired) electrons. The Bertz CT molecular complexity index is 335. The van der Waals surface area contributed by atoms with Crippen molar-refractivity contribution in [3.8, 4) is 0 Å². The van der Waals surface area contributed by atoms with Crippen LogP contribution in [0, 0.1) is 0 Å². The van der Waals surface area contributed by atoms with Gasteiger partial charge < -0.3 is 9.64 Å². The summed E-state index contributed by atoms with van der Waals surface area (Å²) < 4.78 is 5.27. The van der Waals surface area contributed by atoms with E-state index >= 15 is 0 Å². The molecule has 0 fully saturated rings. The predicted molar refractivity (Wildman–Crippen MR) is 64.0 cm³/mol. The number of hydrogen-bond donors (Lipinski definition) is 0. The molecule has 0 amide bonds. The number of likely N-dealkylation sites (N-methyl/N-ethyl adjacent to an activating group) is 1. The van der Waals surface area contributed by atoms with Gasteiger partial charge in [0.2, 0.25) is 0 Å². The van der Waals surface area contributed by atoms with Crippen LogP contribution in [0.1, 0.15) is 24.3 Å². The van der Waals surface area contributed by atoms with Crippen LogP contribution >= 0.6 is 0 Å². The summed E-state index contributed by atoms with van der Waals surface area (Å²) in [5.74, 6) is -0.0106. The Morgan fingerprint density at radius 3 is 2.75 bits per heavy atom. The first-order valence-corrected chi connectivity index (χ1v) is 5.41. The molecule has 0 bridgehead atoms. The molecule has 0 unspecified atom stereocenters. The molecule has 1 heterocycles. The molecular formula is C12H18N2O2. The number of pyridine rings is 1. The number of carbonyl (C=O) groups excluding carboxylic acids is 1. The van der Waals surface area contributed by atoms with Gasteiger partial charge >= 0.3 is 0 Å². The summed E-state index contributed by atoms with van der Waals surface area (Å²) in [4.78, 5) is 17.2. The van der Waals surface area contributed by atoms with Gasteiger partial charge in [-0.25, -0.2) is 0 Å². The third-order valence-corrected chi connectivity index (χ3v) is 2.32. The normalized spacial score (nSPS) is 10.2. The summed E-state index contributed by atoms with van der Waals surface area (Å²) >= 11 is 0. The SMILES string of the molecule is CCOCCN(C)c1ccc(C(C)=O)nc1. The highest BCUT2D eigenvalue weighted by atomic mass is 16.5. The van der Waals surface area contributed by atoms with Gasteiger partial charge in [0.25, 0.3) is 0 Å². The average molecular weight is 222 g/mol. The van der Waals surface area contributed by atoms with Crippen molar-refractivity contribution >= 4 is 11.5 Å². The van der Waals surface area contributed by atoms with E-state index in [1.807, 2.05) is 24.9 Å². The lowest BCUT2D eigenvalue weighted by atomic mass is 10.2. The Hall–Kier alpha value is -1.42. The van der Waals surface area contributed by atoms with Crippen LogP contribution in [-0.4, -0.2) is 37.6 Å². The maximum atomic E-state index is 11.0. The smallest absolute Gasteiger partial charge is 0.178 e. The van der Waals surface area contributed by atoms with Crippen molar-refractivity contribution in [2.45, 2.75) is 13.8 Å². The quantitative estimate of drug-likeness (QED) is 0.543. The number of anilines is 1. The van der Waals surface area contributed by atoms with Gasteiger partial charge in [0.15, 0.2) is 5.78 Å². The van der Waals surface area contributed by atoms with E-state index in [0.29, 0.717) is 12.3 Å². The van der Waals surface area contributed by atoms with Crippen molar-refractivity contribution in [2.24, 2.45) is 0 Å². The number of aromatic nitrogens is 1. The Kier molecular flexibility index (Phi) is 4.92. The van der Waals surface area contributed by atoms with Crippen molar-refractivity contribution in [2.75, 3.05) is 31.7 Å². The van der Waals surface area contributed by atoms with Gasteiger partial charge in [0, 0.05) is 27.1 Å². The second kappa shape index (κ2) is 6.23. The number of Topliss-reactive ketones (excluding diaryl/α,β-unsaturated/α-hetero) is 1. The topological polar surface area (TPSA) is 42.4 Å². The fraction of sp³-hybridized carbons (Fsp3) is 0.500. The largest absolute Gasteiger partial charge is 0.380 e. The highest BCUT2D eigenvalue weighted by Crippen LogP contribution is 2.11. The first-order chi connectivity index (χ1) is 7.65. The zero-order chi connectivity index (χ0) is 12.0. The Balaban J connectivity index is 2.56. The Morgan fingerprint density at radius 2 is 2.25 bits per heavy atom. The van der Waals surface area contributed by atoms with Crippen LogP contribution in [-0.2, 0) is 4.74 Å². The summed E-state index contributed by atoms with van der Waals surface area (Å²) in [5, 5.41) is 0. The van der Waals surface area contributed by atoms with Crippen molar-refractivity contribution in [1.82, 2.24) is 4.98 Å². The third-order valence-electron chi connectivity index (χ3n) is 2.32. The molecule has 1 aromatic heterocycles. The van der Waals surface area contributed by atoms with Crippen LogP contribution in [0.4, 0.5) is 5.69 Å². The number of ether oxygens (including phenoxy) is 1. The molecule has 0 saturated heterocycles. The lowest BCUT2D eigenvalue weighted by molar-refractivity contribution is 0.101. The van der Waals surface area contributed by atoms with Crippen molar-refractivity contribution < 1.29 is 9.53 Å². The number of carbonyl (C=O) groups is 1. The van der Waals surface area contributed by atoms with Gasteiger partial charge in [-0.05, 0) is 19.1 Å². The van der Waals surface area contributed by atoms with E-state index in [1.54, 1.807) is 12.3 Å². The van der Waals surface area contributed by atoms with Gasteiger partial charge in [-0.3, -0.25) is 9.78 Å². The average Bonchev–Trinajstić information content (AvgIpc) is 2.29. The highest BCUT2D eigenvalue weighted by molar-refractivity contribution is 5.92. The second-order valence-electron chi connectivity index (χ2n) is 3.58. The van der Waals surface area contributed by atoms with E-state index in [4.69, 9.17) is 4.74 Å². The molecule has 4 heteroatoms. The molecule has 4 nitrogen and oxygen atoms in total. The first-order valence-electron chi connectivity index (χ1n) is 5.41. The summed E-state index contributed by atoms with van der Waals surface area (Å²) in [6.45, 7) is 5.73. The maximum absolute atomic E-state index is 11.0. The van der Waals surface area contributed by atoms with Gasteiger partial charge in [-0.2, -0.15) is 0 Å². The lowest BCUT2D eigenvalue weighted by Gasteiger charge is -2.18. The molecule has 0 saturated carbocycles. The van der Waals surface area contributed by atoms with Gasteiger partial charge in [0.05, 0.1) is 18.5 Å². The van der Waals surface area contributed by atoms with E-state index in [9.17, 15) is 4.79 Å². The summed E-state index contributed by atoms with van der Waals surface area (Å²) in [7, 11) is 1.98. The molecule has 0 aliphatic rings. The van der Waals surface area contributed by atoms with Crippen LogP contribution < -0.4 is 4.90 Å². The molecule has 0 atom stereocenters. The van der Waals surface area contributed by atoms with Crippen LogP contribution in [0.25, 0.3) is 0 Å². The molecule has 0 aliphatic heterocycles. The van der Waals surface area contributed by atoms with Gasteiger partial charge in [-0.1, -0.05) is 0 Å². The van der Waals surface area contributed by atoms with E-state index in [2.05, 4.69) is 4.98 Å². The molecule has 1 aromatic rings. The summed E-state index contributed by atoms with van der Waals surface area (Å²) in [6.07, 6.45) is 1.71. The first kappa shape index (κ1) is 12.6. The highest BCUT2D eigenvalue weighted by Gasteiger charge is 2.03. The van der Waals surface area contributed by atoms with Crippen LogP contribution in [0.5, 0.6) is 0 Å². The monoisotopic (exact) mass is 222 g/mol. The van der Waals surface area contributed by atoms with E-state index in [-0.39, 0.29) is 5.78 Å². The van der Waals surface area contributed by atoms with Gasteiger partial charge in [-0.15, -0.1) is 0 Å². The number of nitrogens with zero attached hydrogens (tertiary/aromatic N) is 2. The second-order valence-corrected chi connectivity index (χ2v) is 3.58. The lowest BCUT2D eigenvalue weighted by Crippen LogP contribution is -2.22. The number of rotatable bonds is 6. The van der Waals surface area contributed by atoms with Crippen molar-refractivity contribution in [3.05, 3.63) is 24.0 Å². The third kappa shape index (κ3) is 3.62. The van der Waals surface area contributed by atoms with Crippen LogP contribution in [0.15, 0.2) is 18.3 Å². The summed E-state index contributed by atoms with van der Waals surface area (Å²) in [6, 6.07) is 3.64. The molecule has 1 rings (SSSR count). The minimum absolute atomic E-state index is 0.0106. The van der Waals surface area contributed by atoms with E-state index in [0.717, 1.165) is 18.8 Å². The molecular weight excluding hydrogens is 204 g/mol. The van der Waals surface area contributed by atoms with Crippen LogP contribution in [0.3, 0.4) is 0 Å². The standard InChI is InChI=1S/C12H18N2O2/c1-4-16-8-7-14(3)11-5-6-12(10(2)15)13-9-11/h5-6,9H,4,7-8H2,1-3H3. The fourth-order valence-corrected chi connectivity index (χ4v) is 1.30. The number of hydrogen-bond acceptors (Lipinski definition) is 4. The Labute approximate surface area is 96.2 Å². The maximum Gasteiger partial charge on any atom is 0.178 e. The minimum atomic E-state index is -0.0106. The van der Waals surface area contributed by atoms with Gasteiger partial charge in [0.1, 0.15) is 5.69 Å².